The average molecular weight is 422 g/mol. The molecule has 1 aliphatic carbocycles. The number of tetrazole rings is 1. The molecule has 7 heteroatoms. The summed E-state index contributed by atoms with van der Waals surface area (Å²) < 4.78 is 13.3. The molecular formula is C24H31N5O2. The molecular weight excluding hydrogens is 390 g/mol. The molecule has 0 radical (unpaired) electrons. The van der Waals surface area contributed by atoms with Gasteiger partial charge < -0.3 is 14.8 Å². The SMILES string of the molecule is COc1cc(CNC2CCCCCC2)ccc1OCc1nnnn1-c1ccc(C)cc1. The highest BCUT2D eigenvalue weighted by Gasteiger charge is 2.14. The van der Waals surface area contributed by atoms with Gasteiger partial charge >= 0.3 is 0 Å². The van der Waals surface area contributed by atoms with Gasteiger partial charge in [0, 0.05) is 12.6 Å². The Balaban J connectivity index is 1.39. The summed E-state index contributed by atoms with van der Waals surface area (Å²) in [6, 6.07) is 14.8. The van der Waals surface area contributed by atoms with Crippen molar-refractivity contribution in [2.45, 2.75) is 64.6 Å². The molecule has 0 spiro atoms. The Labute approximate surface area is 183 Å². The van der Waals surface area contributed by atoms with Crippen LogP contribution in [0.2, 0.25) is 0 Å². The molecule has 1 heterocycles. The molecule has 0 saturated heterocycles. The Morgan fingerprint density at radius 2 is 1.77 bits per heavy atom. The van der Waals surface area contributed by atoms with Crippen LogP contribution in [-0.4, -0.2) is 33.4 Å². The standard InChI is InChI=1S/C24H31N5O2/c1-18-9-12-21(13-10-18)29-24(26-27-28-29)17-31-22-14-11-19(15-23(22)30-2)16-25-20-7-5-3-4-6-8-20/h9-15,20,25H,3-8,16-17H2,1-2H3. The minimum Gasteiger partial charge on any atom is -0.493 e. The number of methoxy groups -OCH3 is 1. The summed E-state index contributed by atoms with van der Waals surface area (Å²) in [5.41, 5.74) is 3.28. The number of benzene rings is 2. The van der Waals surface area contributed by atoms with Gasteiger partial charge in [0.15, 0.2) is 23.9 Å². The van der Waals surface area contributed by atoms with E-state index in [1.807, 2.05) is 36.4 Å². The summed E-state index contributed by atoms with van der Waals surface area (Å²) in [7, 11) is 1.67. The van der Waals surface area contributed by atoms with Crippen molar-refractivity contribution >= 4 is 0 Å². The predicted octanol–water partition coefficient (Wildman–Crippen LogP) is 4.37. The van der Waals surface area contributed by atoms with Crippen LogP contribution in [0.1, 0.15) is 55.5 Å². The van der Waals surface area contributed by atoms with E-state index in [4.69, 9.17) is 9.47 Å². The second-order valence-corrected chi connectivity index (χ2v) is 8.19. The molecule has 7 nitrogen and oxygen atoms in total. The number of rotatable bonds is 8. The van der Waals surface area contributed by atoms with Gasteiger partial charge in [0.1, 0.15) is 0 Å². The van der Waals surface area contributed by atoms with Gasteiger partial charge in [0.2, 0.25) is 0 Å². The maximum absolute atomic E-state index is 6.02. The molecule has 0 unspecified atom stereocenters. The average Bonchev–Trinajstić information content (AvgIpc) is 3.11. The summed E-state index contributed by atoms with van der Waals surface area (Å²) in [6.45, 7) is 3.14. The molecule has 3 aromatic rings. The van der Waals surface area contributed by atoms with Crippen LogP contribution >= 0.6 is 0 Å². The number of nitrogens with zero attached hydrogens (tertiary/aromatic N) is 4. The van der Waals surface area contributed by atoms with Crippen LogP contribution in [0.25, 0.3) is 5.69 Å². The minimum atomic E-state index is 0.247. The highest BCUT2D eigenvalue weighted by atomic mass is 16.5. The van der Waals surface area contributed by atoms with Gasteiger partial charge in [-0.15, -0.1) is 5.10 Å². The van der Waals surface area contributed by atoms with E-state index in [1.54, 1.807) is 11.8 Å². The molecule has 1 saturated carbocycles. The fourth-order valence-electron chi connectivity index (χ4n) is 4.01. The van der Waals surface area contributed by atoms with Gasteiger partial charge in [-0.25, -0.2) is 0 Å². The van der Waals surface area contributed by atoms with Crippen LogP contribution < -0.4 is 14.8 Å². The van der Waals surface area contributed by atoms with Gasteiger partial charge in [0.05, 0.1) is 12.8 Å². The maximum Gasteiger partial charge on any atom is 0.194 e. The molecule has 1 aliphatic rings. The summed E-state index contributed by atoms with van der Waals surface area (Å²) in [4.78, 5) is 0. The van der Waals surface area contributed by atoms with Gasteiger partial charge in [-0.3, -0.25) is 0 Å². The van der Waals surface area contributed by atoms with Crippen LogP contribution in [0.15, 0.2) is 42.5 Å². The number of hydrogen-bond donors (Lipinski definition) is 1. The fraction of sp³-hybridized carbons (Fsp3) is 0.458. The molecule has 0 atom stereocenters. The second kappa shape index (κ2) is 10.4. The quantitative estimate of drug-likeness (QED) is 0.545. The Kier molecular flexibility index (Phi) is 7.14. The van der Waals surface area contributed by atoms with Crippen molar-refractivity contribution < 1.29 is 9.47 Å². The zero-order valence-corrected chi connectivity index (χ0v) is 18.4. The summed E-state index contributed by atoms with van der Waals surface area (Å²) in [6.07, 6.45) is 7.93. The molecule has 1 aromatic heterocycles. The first-order valence-corrected chi connectivity index (χ1v) is 11.1. The number of nitrogens with one attached hydrogen (secondary N) is 1. The lowest BCUT2D eigenvalue weighted by molar-refractivity contribution is 0.273. The van der Waals surface area contributed by atoms with Crippen molar-refractivity contribution in [3.8, 4) is 17.2 Å². The first kappa shape index (κ1) is 21.3. The molecule has 4 rings (SSSR count). The minimum absolute atomic E-state index is 0.247. The van der Waals surface area contributed by atoms with E-state index in [0.717, 1.165) is 18.0 Å². The van der Waals surface area contributed by atoms with Gasteiger partial charge in [-0.1, -0.05) is 49.4 Å². The van der Waals surface area contributed by atoms with Crippen LogP contribution in [0.5, 0.6) is 11.5 Å². The van der Waals surface area contributed by atoms with Crippen LogP contribution in [0.4, 0.5) is 0 Å². The van der Waals surface area contributed by atoms with Crippen LogP contribution in [0.3, 0.4) is 0 Å². The monoisotopic (exact) mass is 421 g/mol. The Bertz CT molecular complexity index is 962. The smallest absolute Gasteiger partial charge is 0.194 e. The highest BCUT2D eigenvalue weighted by Crippen LogP contribution is 2.29. The Morgan fingerprint density at radius 1 is 1.00 bits per heavy atom. The van der Waals surface area contributed by atoms with E-state index in [0.29, 0.717) is 17.6 Å². The normalized spacial score (nSPS) is 14.9. The Morgan fingerprint density at radius 3 is 2.52 bits per heavy atom. The zero-order valence-electron chi connectivity index (χ0n) is 18.4. The van der Waals surface area contributed by atoms with Crippen molar-refractivity contribution in [2.75, 3.05) is 7.11 Å². The number of hydrogen-bond acceptors (Lipinski definition) is 6. The van der Waals surface area contributed by atoms with Crippen molar-refractivity contribution in [3.63, 3.8) is 0 Å². The third-order valence-electron chi connectivity index (χ3n) is 5.85. The molecule has 1 fully saturated rings. The van der Waals surface area contributed by atoms with E-state index in [1.165, 1.54) is 49.7 Å². The topological polar surface area (TPSA) is 74.1 Å². The van der Waals surface area contributed by atoms with Crippen molar-refractivity contribution in [3.05, 3.63) is 59.4 Å². The van der Waals surface area contributed by atoms with Crippen LogP contribution in [0, 0.1) is 6.92 Å². The largest absolute Gasteiger partial charge is 0.493 e. The predicted molar refractivity (Wildman–Crippen MR) is 120 cm³/mol. The van der Waals surface area contributed by atoms with Gasteiger partial charge in [0.25, 0.3) is 0 Å². The molecule has 0 bridgehead atoms. The second-order valence-electron chi connectivity index (χ2n) is 8.19. The van der Waals surface area contributed by atoms with Crippen LogP contribution in [-0.2, 0) is 13.2 Å². The van der Waals surface area contributed by atoms with E-state index in [-0.39, 0.29) is 6.61 Å². The summed E-state index contributed by atoms with van der Waals surface area (Å²) >= 11 is 0. The number of aromatic nitrogens is 4. The number of aryl methyl sites for hydroxylation is 1. The number of ether oxygens (including phenoxy) is 2. The molecule has 0 amide bonds. The Hall–Kier alpha value is -2.93. The first-order valence-electron chi connectivity index (χ1n) is 11.1. The van der Waals surface area contributed by atoms with Gasteiger partial charge in [-0.05, 0) is 60.0 Å². The van der Waals surface area contributed by atoms with Crippen molar-refractivity contribution in [2.24, 2.45) is 0 Å². The van der Waals surface area contributed by atoms with Crippen molar-refractivity contribution in [1.29, 1.82) is 0 Å². The molecule has 2 aromatic carbocycles. The van der Waals surface area contributed by atoms with Gasteiger partial charge in [-0.2, -0.15) is 4.68 Å². The lowest BCUT2D eigenvalue weighted by Gasteiger charge is -2.17. The molecule has 0 aliphatic heterocycles. The van der Waals surface area contributed by atoms with E-state index in [9.17, 15) is 0 Å². The highest BCUT2D eigenvalue weighted by molar-refractivity contribution is 5.43. The summed E-state index contributed by atoms with van der Waals surface area (Å²) in [5.74, 6) is 2.03. The molecule has 1 N–H and O–H groups in total. The third-order valence-corrected chi connectivity index (χ3v) is 5.85. The summed E-state index contributed by atoms with van der Waals surface area (Å²) in [5, 5.41) is 15.7. The van der Waals surface area contributed by atoms with E-state index in [2.05, 4.69) is 33.8 Å². The van der Waals surface area contributed by atoms with Crippen molar-refractivity contribution in [1.82, 2.24) is 25.5 Å². The van der Waals surface area contributed by atoms with E-state index >= 15 is 0 Å². The molecule has 31 heavy (non-hydrogen) atoms. The lowest BCUT2D eigenvalue weighted by atomic mass is 10.1. The molecule has 164 valence electrons. The first-order chi connectivity index (χ1) is 15.2. The maximum atomic E-state index is 6.02. The lowest BCUT2D eigenvalue weighted by Crippen LogP contribution is -2.27. The third kappa shape index (κ3) is 5.61. The van der Waals surface area contributed by atoms with E-state index < -0.39 is 0 Å². The zero-order chi connectivity index (χ0) is 21.5. The fourth-order valence-corrected chi connectivity index (χ4v) is 4.01.